The van der Waals surface area contributed by atoms with Crippen LogP contribution in [0.3, 0.4) is 0 Å². The molecule has 0 spiro atoms. The first-order chi connectivity index (χ1) is 10.4. The van der Waals surface area contributed by atoms with Gasteiger partial charge in [0.05, 0.1) is 19.4 Å². The Kier molecular flexibility index (Phi) is 5.06. The van der Waals surface area contributed by atoms with Crippen molar-refractivity contribution in [2.24, 2.45) is 17.8 Å². The molecule has 1 saturated heterocycles. The molecule has 1 fully saturated rings. The zero-order chi connectivity index (χ0) is 16.3. The van der Waals surface area contributed by atoms with Gasteiger partial charge >= 0.3 is 5.97 Å². The van der Waals surface area contributed by atoms with Crippen LogP contribution >= 0.6 is 0 Å². The van der Waals surface area contributed by atoms with Crippen LogP contribution in [0.5, 0.6) is 5.75 Å². The second-order valence-electron chi connectivity index (χ2n) is 6.18. The molecule has 1 aromatic carbocycles. The fraction of sp³-hybridized carbons (Fsp3) is 0.529. The van der Waals surface area contributed by atoms with Crippen molar-refractivity contribution in [1.29, 1.82) is 0 Å². The van der Waals surface area contributed by atoms with Gasteiger partial charge in [-0.2, -0.15) is 0 Å². The molecule has 2 atom stereocenters. The van der Waals surface area contributed by atoms with E-state index in [-0.39, 0.29) is 24.2 Å². The van der Waals surface area contributed by atoms with Crippen LogP contribution in [-0.4, -0.2) is 42.1 Å². The van der Waals surface area contributed by atoms with Crippen LogP contribution < -0.4 is 4.74 Å². The van der Waals surface area contributed by atoms with E-state index in [4.69, 9.17) is 4.74 Å². The molecule has 0 saturated carbocycles. The lowest BCUT2D eigenvalue weighted by Crippen LogP contribution is -2.31. The number of amides is 1. The highest BCUT2D eigenvalue weighted by atomic mass is 16.5. The number of carboxylic acids is 1. The highest BCUT2D eigenvalue weighted by Crippen LogP contribution is 2.30. The first kappa shape index (κ1) is 16.3. The summed E-state index contributed by atoms with van der Waals surface area (Å²) >= 11 is 0. The van der Waals surface area contributed by atoms with E-state index < -0.39 is 11.9 Å². The monoisotopic (exact) mass is 305 g/mol. The summed E-state index contributed by atoms with van der Waals surface area (Å²) < 4.78 is 5.16. The average Bonchev–Trinajstić information content (AvgIpc) is 2.93. The second-order valence-corrected chi connectivity index (χ2v) is 6.18. The molecule has 1 aliphatic rings. The van der Waals surface area contributed by atoms with Crippen molar-refractivity contribution in [2.45, 2.75) is 20.3 Å². The summed E-state index contributed by atoms with van der Waals surface area (Å²) in [6.45, 7) is 4.85. The fourth-order valence-corrected chi connectivity index (χ4v) is 3.04. The highest BCUT2D eigenvalue weighted by Gasteiger charge is 2.40. The summed E-state index contributed by atoms with van der Waals surface area (Å²) in [6, 6.07) is 7.40. The lowest BCUT2D eigenvalue weighted by molar-refractivity contribution is -0.143. The molecule has 1 heterocycles. The Balaban J connectivity index is 2.05. The van der Waals surface area contributed by atoms with Crippen molar-refractivity contribution >= 4 is 11.9 Å². The van der Waals surface area contributed by atoms with E-state index in [1.54, 1.807) is 12.0 Å². The van der Waals surface area contributed by atoms with Crippen LogP contribution in [0.4, 0.5) is 0 Å². The summed E-state index contributed by atoms with van der Waals surface area (Å²) in [6.07, 6.45) is 0.272. The minimum absolute atomic E-state index is 0.0201. The molecule has 0 bridgehead atoms. The summed E-state index contributed by atoms with van der Waals surface area (Å²) in [4.78, 5) is 25.5. The van der Waals surface area contributed by atoms with Crippen LogP contribution in [0.2, 0.25) is 0 Å². The highest BCUT2D eigenvalue weighted by molar-refractivity contribution is 5.81. The molecule has 22 heavy (non-hydrogen) atoms. The Morgan fingerprint density at radius 3 is 2.64 bits per heavy atom. The molecule has 5 nitrogen and oxygen atoms in total. The van der Waals surface area contributed by atoms with Gasteiger partial charge in [-0.25, -0.2) is 0 Å². The van der Waals surface area contributed by atoms with Gasteiger partial charge in [-0.1, -0.05) is 26.0 Å². The maximum absolute atomic E-state index is 12.4. The summed E-state index contributed by atoms with van der Waals surface area (Å²) in [5, 5.41) is 9.34. The van der Waals surface area contributed by atoms with Gasteiger partial charge in [0.25, 0.3) is 0 Å². The van der Waals surface area contributed by atoms with Gasteiger partial charge in [0.2, 0.25) is 5.91 Å². The van der Waals surface area contributed by atoms with Gasteiger partial charge in [0.15, 0.2) is 0 Å². The van der Waals surface area contributed by atoms with Gasteiger partial charge in [0, 0.05) is 13.1 Å². The zero-order valence-electron chi connectivity index (χ0n) is 13.3. The number of aliphatic carboxylic acids is 1. The Hall–Kier alpha value is -2.04. The van der Waals surface area contributed by atoms with E-state index in [1.165, 1.54) is 0 Å². The normalized spacial score (nSPS) is 21.2. The van der Waals surface area contributed by atoms with Crippen LogP contribution in [0, 0.1) is 17.8 Å². The van der Waals surface area contributed by atoms with Crippen LogP contribution in [-0.2, 0) is 16.0 Å². The molecule has 0 unspecified atom stereocenters. The van der Waals surface area contributed by atoms with Crippen LogP contribution in [0.1, 0.15) is 19.4 Å². The number of carbonyl (C=O) groups excluding carboxylic acids is 1. The number of ether oxygens (including phenoxy) is 1. The van der Waals surface area contributed by atoms with Crippen LogP contribution in [0.15, 0.2) is 24.3 Å². The van der Waals surface area contributed by atoms with Gasteiger partial charge in [-0.05, 0) is 29.5 Å². The first-order valence-corrected chi connectivity index (χ1v) is 7.56. The number of likely N-dealkylation sites (tertiary alicyclic amines) is 1. The lowest BCUT2D eigenvalue weighted by Gasteiger charge is -2.18. The third kappa shape index (κ3) is 3.59. The van der Waals surface area contributed by atoms with E-state index >= 15 is 0 Å². The minimum atomic E-state index is -0.810. The SMILES string of the molecule is COc1cccc(CC(=O)N2C[C@@H](C(=O)O)[C@H](C(C)C)C2)c1. The number of hydrogen-bond donors (Lipinski definition) is 1. The van der Waals surface area contributed by atoms with Gasteiger partial charge in [0.1, 0.15) is 5.75 Å². The molecular formula is C17H23NO4. The van der Waals surface area contributed by atoms with E-state index in [0.717, 1.165) is 11.3 Å². The molecule has 1 aliphatic heterocycles. The van der Waals surface area contributed by atoms with Crippen molar-refractivity contribution < 1.29 is 19.4 Å². The number of rotatable bonds is 5. The van der Waals surface area contributed by atoms with Crippen molar-refractivity contribution in [3.63, 3.8) is 0 Å². The number of hydrogen-bond acceptors (Lipinski definition) is 3. The number of benzene rings is 1. The number of nitrogens with zero attached hydrogens (tertiary/aromatic N) is 1. The maximum atomic E-state index is 12.4. The second kappa shape index (κ2) is 6.81. The largest absolute Gasteiger partial charge is 0.497 e. The molecule has 0 aromatic heterocycles. The van der Waals surface area contributed by atoms with E-state index in [9.17, 15) is 14.7 Å². The van der Waals surface area contributed by atoms with Gasteiger partial charge in [-0.15, -0.1) is 0 Å². The quantitative estimate of drug-likeness (QED) is 0.904. The van der Waals surface area contributed by atoms with E-state index in [1.807, 2.05) is 38.1 Å². The summed E-state index contributed by atoms with van der Waals surface area (Å²) in [5.74, 6) is -0.315. The van der Waals surface area contributed by atoms with Crippen molar-refractivity contribution in [1.82, 2.24) is 4.90 Å². The number of methoxy groups -OCH3 is 1. The molecule has 5 heteroatoms. The standard InChI is InChI=1S/C17H23NO4/c1-11(2)14-9-18(10-15(14)17(20)21)16(19)8-12-5-4-6-13(7-12)22-3/h4-7,11,14-15H,8-10H2,1-3H3,(H,20,21)/t14-,15+/m0/s1. The Morgan fingerprint density at radius 1 is 1.36 bits per heavy atom. The number of carbonyl (C=O) groups is 2. The van der Waals surface area contributed by atoms with E-state index in [2.05, 4.69) is 0 Å². The molecule has 1 N–H and O–H groups in total. The predicted octanol–water partition coefficient (Wildman–Crippen LogP) is 2.05. The molecule has 2 rings (SSSR count). The molecule has 1 amide bonds. The van der Waals surface area contributed by atoms with Gasteiger partial charge < -0.3 is 14.7 Å². The minimum Gasteiger partial charge on any atom is -0.497 e. The zero-order valence-corrected chi connectivity index (χ0v) is 13.3. The third-order valence-electron chi connectivity index (χ3n) is 4.38. The smallest absolute Gasteiger partial charge is 0.308 e. The summed E-state index contributed by atoms with van der Waals surface area (Å²) in [5.41, 5.74) is 0.879. The third-order valence-corrected chi connectivity index (χ3v) is 4.38. The van der Waals surface area contributed by atoms with Crippen molar-refractivity contribution in [3.05, 3.63) is 29.8 Å². The number of carboxylic acid groups (broad SMARTS) is 1. The Morgan fingerprint density at radius 2 is 2.09 bits per heavy atom. The molecule has 1 aromatic rings. The van der Waals surface area contributed by atoms with Gasteiger partial charge in [-0.3, -0.25) is 9.59 Å². The Bertz CT molecular complexity index is 555. The molecule has 0 aliphatic carbocycles. The fourth-order valence-electron chi connectivity index (χ4n) is 3.04. The molecular weight excluding hydrogens is 282 g/mol. The molecule has 0 radical (unpaired) electrons. The summed E-state index contributed by atoms with van der Waals surface area (Å²) in [7, 11) is 1.59. The first-order valence-electron chi connectivity index (χ1n) is 7.56. The topological polar surface area (TPSA) is 66.8 Å². The predicted molar refractivity (Wildman–Crippen MR) is 82.7 cm³/mol. The lowest BCUT2D eigenvalue weighted by atomic mass is 9.86. The average molecular weight is 305 g/mol. The molecule has 120 valence electrons. The van der Waals surface area contributed by atoms with Crippen molar-refractivity contribution in [3.8, 4) is 5.75 Å². The van der Waals surface area contributed by atoms with Crippen LogP contribution in [0.25, 0.3) is 0 Å². The Labute approximate surface area is 130 Å². The van der Waals surface area contributed by atoms with E-state index in [0.29, 0.717) is 13.1 Å². The van der Waals surface area contributed by atoms with Crippen molar-refractivity contribution in [2.75, 3.05) is 20.2 Å². The maximum Gasteiger partial charge on any atom is 0.308 e.